The number of rotatable bonds is 8. The molecule has 0 rings (SSSR count). The predicted molar refractivity (Wildman–Crippen MR) is 94.0 cm³/mol. The molecule has 0 spiro atoms. The average molecular weight is 283 g/mol. The second-order valence-electron chi connectivity index (χ2n) is 8.54. The summed E-state index contributed by atoms with van der Waals surface area (Å²) in [5.41, 5.74) is 1.11. The van der Waals surface area contributed by atoms with Gasteiger partial charge in [-0.15, -0.1) is 0 Å². The van der Waals surface area contributed by atoms with Crippen LogP contribution >= 0.6 is 0 Å². The van der Waals surface area contributed by atoms with Crippen molar-refractivity contribution in [3.05, 3.63) is 0 Å². The fourth-order valence-corrected chi connectivity index (χ4v) is 4.72. The quantitative estimate of drug-likeness (QED) is 0.442. The van der Waals surface area contributed by atoms with E-state index in [0.29, 0.717) is 22.2 Å². The van der Waals surface area contributed by atoms with Crippen molar-refractivity contribution >= 4 is 0 Å². The first-order valence-corrected chi connectivity index (χ1v) is 8.96. The van der Waals surface area contributed by atoms with Gasteiger partial charge in [-0.05, 0) is 40.4 Å². The van der Waals surface area contributed by atoms with Crippen LogP contribution in [-0.2, 0) is 0 Å². The van der Waals surface area contributed by atoms with E-state index in [0.717, 1.165) is 11.8 Å². The second kappa shape index (κ2) is 6.84. The van der Waals surface area contributed by atoms with E-state index in [4.69, 9.17) is 0 Å². The number of hydrogen-bond donors (Lipinski definition) is 0. The van der Waals surface area contributed by atoms with Crippen molar-refractivity contribution in [3.8, 4) is 0 Å². The van der Waals surface area contributed by atoms with Gasteiger partial charge < -0.3 is 0 Å². The van der Waals surface area contributed by atoms with Crippen molar-refractivity contribution in [2.75, 3.05) is 0 Å². The smallest absolute Gasteiger partial charge is 0.0195 e. The van der Waals surface area contributed by atoms with Gasteiger partial charge in [0.05, 0.1) is 0 Å². The van der Waals surface area contributed by atoms with Crippen LogP contribution in [-0.4, -0.2) is 0 Å². The van der Waals surface area contributed by atoms with Crippen molar-refractivity contribution in [2.24, 2.45) is 34.0 Å². The van der Waals surface area contributed by atoms with E-state index in [1.54, 1.807) is 0 Å². The Morgan fingerprint density at radius 1 is 0.750 bits per heavy atom. The van der Waals surface area contributed by atoms with Gasteiger partial charge in [-0.2, -0.15) is 0 Å². The van der Waals surface area contributed by atoms with E-state index in [2.05, 4.69) is 76.2 Å². The van der Waals surface area contributed by atoms with Gasteiger partial charge >= 0.3 is 0 Å². The fourth-order valence-electron chi connectivity index (χ4n) is 4.72. The summed E-state index contributed by atoms with van der Waals surface area (Å²) >= 11 is 0. The predicted octanol–water partition coefficient (Wildman–Crippen LogP) is 7.18. The molecule has 0 radical (unpaired) electrons. The van der Waals surface area contributed by atoms with Gasteiger partial charge in [-0.1, -0.05) is 89.0 Å². The van der Waals surface area contributed by atoms with Gasteiger partial charge in [0.15, 0.2) is 0 Å². The minimum atomic E-state index is 0.354. The van der Waals surface area contributed by atoms with Gasteiger partial charge in [0.25, 0.3) is 0 Å². The monoisotopic (exact) mass is 282 g/mol. The zero-order valence-corrected chi connectivity index (χ0v) is 16.4. The third-order valence-corrected chi connectivity index (χ3v) is 7.87. The average Bonchev–Trinajstić information content (AvgIpc) is 2.42. The maximum Gasteiger partial charge on any atom is -0.0195 e. The molecule has 0 saturated heterocycles. The van der Waals surface area contributed by atoms with E-state index in [9.17, 15) is 0 Å². The first-order chi connectivity index (χ1) is 8.96. The first kappa shape index (κ1) is 20.0. The molecule has 0 aromatic heterocycles. The Kier molecular flexibility index (Phi) is 6.84. The Balaban J connectivity index is 5.98. The summed E-state index contributed by atoms with van der Waals surface area (Å²) in [5.74, 6) is 2.26. The van der Waals surface area contributed by atoms with E-state index in [-0.39, 0.29) is 0 Å². The summed E-state index contributed by atoms with van der Waals surface area (Å²) < 4.78 is 0. The first-order valence-electron chi connectivity index (χ1n) is 8.96. The molecule has 0 fully saturated rings. The highest BCUT2D eigenvalue weighted by Gasteiger charge is 2.56. The molecule has 0 heterocycles. The molecule has 122 valence electrons. The molecule has 20 heavy (non-hydrogen) atoms. The summed E-state index contributed by atoms with van der Waals surface area (Å²) in [6.07, 6.45) is 3.82. The van der Waals surface area contributed by atoms with Gasteiger partial charge in [0.1, 0.15) is 0 Å². The van der Waals surface area contributed by atoms with Crippen LogP contribution in [0.5, 0.6) is 0 Å². The molecule has 0 aliphatic carbocycles. The largest absolute Gasteiger partial charge is 0.0651 e. The normalized spacial score (nSPS) is 22.2. The Bertz CT molecular complexity index is 288. The van der Waals surface area contributed by atoms with Crippen molar-refractivity contribution in [1.29, 1.82) is 0 Å². The molecule has 0 N–H and O–H groups in total. The van der Waals surface area contributed by atoms with Crippen molar-refractivity contribution in [3.63, 3.8) is 0 Å². The molecule has 0 aromatic carbocycles. The van der Waals surface area contributed by atoms with Gasteiger partial charge in [-0.25, -0.2) is 0 Å². The summed E-state index contributed by atoms with van der Waals surface area (Å²) in [6.45, 7) is 27.1. The Labute approximate surface area is 130 Å². The van der Waals surface area contributed by atoms with Crippen LogP contribution in [0.2, 0.25) is 0 Å². The Morgan fingerprint density at radius 3 is 1.45 bits per heavy atom. The standard InChI is InChI=1S/C20H42/c1-12-16(6)17(7)19(10,14-3)20(11,15(4)5)18(8,9)13-2/h15-17H,12-14H2,1-11H3. The Hall–Kier alpha value is 0. The third kappa shape index (κ3) is 2.95. The maximum absolute atomic E-state index is 2.57. The van der Waals surface area contributed by atoms with Crippen LogP contribution in [0.1, 0.15) is 95.4 Å². The van der Waals surface area contributed by atoms with Crippen molar-refractivity contribution in [2.45, 2.75) is 95.4 Å². The molecule has 4 atom stereocenters. The van der Waals surface area contributed by atoms with Crippen LogP contribution < -0.4 is 0 Å². The molecule has 0 nitrogen and oxygen atoms in total. The van der Waals surface area contributed by atoms with E-state index in [1.807, 2.05) is 0 Å². The molecule has 0 aliphatic rings. The van der Waals surface area contributed by atoms with Gasteiger partial charge in [-0.3, -0.25) is 0 Å². The van der Waals surface area contributed by atoms with Crippen LogP contribution in [0.4, 0.5) is 0 Å². The van der Waals surface area contributed by atoms with Crippen LogP contribution in [0.15, 0.2) is 0 Å². The van der Waals surface area contributed by atoms with Crippen molar-refractivity contribution in [1.82, 2.24) is 0 Å². The number of hydrogen-bond acceptors (Lipinski definition) is 0. The topological polar surface area (TPSA) is 0 Å². The molecule has 4 unspecified atom stereocenters. The summed E-state index contributed by atoms with van der Waals surface area (Å²) in [5, 5.41) is 0. The highest BCUT2D eigenvalue weighted by molar-refractivity contribution is 5.04. The SMILES string of the molecule is CCC(C)C(C)C(C)(CC)C(C)(C(C)C)C(C)(C)CC. The highest BCUT2D eigenvalue weighted by Crippen LogP contribution is 2.63. The molecular weight excluding hydrogens is 240 g/mol. The molecule has 0 heteroatoms. The van der Waals surface area contributed by atoms with Crippen molar-refractivity contribution < 1.29 is 0 Å². The maximum atomic E-state index is 2.57. The Morgan fingerprint density at radius 2 is 1.20 bits per heavy atom. The zero-order chi connectivity index (χ0) is 16.4. The van der Waals surface area contributed by atoms with Crippen LogP contribution in [0.25, 0.3) is 0 Å². The van der Waals surface area contributed by atoms with Gasteiger partial charge in [0.2, 0.25) is 0 Å². The molecular formula is C20H42. The molecule has 0 bridgehead atoms. The minimum absolute atomic E-state index is 0.354. The zero-order valence-electron chi connectivity index (χ0n) is 16.4. The lowest BCUT2D eigenvalue weighted by molar-refractivity contribution is -0.129. The summed E-state index contributed by atoms with van der Waals surface area (Å²) in [4.78, 5) is 0. The molecule has 0 amide bonds. The van der Waals surface area contributed by atoms with E-state index in [1.165, 1.54) is 19.3 Å². The molecule has 0 saturated carbocycles. The van der Waals surface area contributed by atoms with Crippen LogP contribution in [0, 0.1) is 34.0 Å². The lowest BCUT2D eigenvalue weighted by Crippen LogP contribution is -2.55. The lowest BCUT2D eigenvalue weighted by atomic mass is 9.43. The second-order valence-corrected chi connectivity index (χ2v) is 8.54. The third-order valence-electron chi connectivity index (χ3n) is 7.87. The summed E-state index contributed by atoms with van der Waals surface area (Å²) in [6, 6.07) is 0. The highest BCUT2D eigenvalue weighted by atomic mass is 14.6. The van der Waals surface area contributed by atoms with E-state index < -0.39 is 0 Å². The minimum Gasteiger partial charge on any atom is -0.0651 e. The molecule has 0 aliphatic heterocycles. The van der Waals surface area contributed by atoms with Gasteiger partial charge in [0, 0.05) is 0 Å². The summed E-state index contributed by atoms with van der Waals surface area (Å²) in [7, 11) is 0. The fraction of sp³-hybridized carbons (Fsp3) is 1.00. The molecule has 0 aromatic rings. The van der Waals surface area contributed by atoms with Crippen LogP contribution in [0.3, 0.4) is 0 Å². The van der Waals surface area contributed by atoms with E-state index >= 15 is 0 Å². The lowest BCUT2D eigenvalue weighted by Gasteiger charge is -2.61.